The highest BCUT2D eigenvalue weighted by atomic mass is 16.3. The van der Waals surface area contributed by atoms with E-state index in [-0.39, 0.29) is 18.0 Å². The Balaban J connectivity index is 2.13. The average molecular weight is 216 g/mol. The van der Waals surface area contributed by atoms with E-state index < -0.39 is 0 Å². The number of hydrogen-bond donors (Lipinski definition) is 1. The van der Waals surface area contributed by atoms with E-state index in [2.05, 4.69) is 5.10 Å². The topological polar surface area (TPSA) is 55.1 Å². The smallest absolute Gasteiger partial charge is 0.187 e. The second-order valence-electron chi connectivity index (χ2n) is 3.64. The molecule has 4 nitrogen and oxygen atoms in total. The second kappa shape index (κ2) is 4.18. The van der Waals surface area contributed by atoms with Crippen LogP contribution in [0.5, 0.6) is 5.75 Å². The molecular weight excluding hydrogens is 204 g/mol. The molecule has 0 spiro atoms. The summed E-state index contributed by atoms with van der Waals surface area (Å²) >= 11 is 0. The highest BCUT2D eigenvalue weighted by molar-refractivity contribution is 5.95. The van der Waals surface area contributed by atoms with Gasteiger partial charge in [-0.3, -0.25) is 9.48 Å². The van der Waals surface area contributed by atoms with Crippen molar-refractivity contribution < 1.29 is 9.90 Å². The molecule has 0 saturated carbocycles. The second-order valence-corrected chi connectivity index (χ2v) is 3.64. The highest BCUT2D eigenvalue weighted by Gasteiger charge is 2.09. The predicted octanol–water partition coefficient (Wildman–Crippen LogP) is 1.55. The number of benzene rings is 1. The molecule has 0 bridgehead atoms. The highest BCUT2D eigenvalue weighted by Crippen LogP contribution is 2.12. The van der Waals surface area contributed by atoms with Crippen molar-refractivity contribution in [1.82, 2.24) is 9.78 Å². The summed E-state index contributed by atoms with van der Waals surface area (Å²) in [6.07, 6.45) is 1.99. The molecular formula is C12H12N2O2. The Morgan fingerprint density at radius 1 is 1.44 bits per heavy atom. The quantitative estimate of drug-likeness (QED) is 0.792. The van der Waals surface area contributed by atoms with E-state index in [4.69, 9.17) is 0 Å². The molecule has 0 saturated heterocycles. The van der Waals surface area contributed by atoms with E-state index in [1.54, 1.807) is 48.3 Å². The zero-order valence-electron chi connectivity index (χ0n) is 8.92. The van der Waals surface area contributed by atoms with Crippen LogP contribution in [0.4, 0.5) is 0 Å². The molecule has 0 radical (unpaired) electrons. The van der Waals surface area contributed by atoms with Crippen molar-refractivity contribution in [2.75, 3.05) is 0 Å². The van der Waals surface area contributed by atoms with Crippen molar-refractivity contribution in [1.29, 1.82) is 0 Å². The number of phenolic OH excluding ortho intramolecular Hbond substituents is 1. The van der Waals surface area contributed by atoms with E-state index >= 15 is 0 Å². The standard InChI is InChI=1S/C12H12N2O2/c1-14-6-5-11(13-14)12(16)8-9-3-2-4-10(15)7-9/h2-7,15H,8H2,1H3. The van der Waals surface area contributed by atoms with Gasteiger partial charge in [0, 0.05) is 19.7 Å². The molecule has 0 atom stereocenters. The maximum absolute atomic E-state index is 11.8. The third-order valence-corrected chi connectivity index (χ3v) is 2.27. The zero-order chi connectivity index (χ0) is 11.5. The molecule has 1 N–H and O–H groups in total. The first-order chi connectivity index (χ1) is 7.65. The van der Waals surface area contributed by atoms with Gasteiger partial charge in [-0.25, -0.2) is 0 Å². The van der Waals surface area contributed by atoms with Crippen molar-refractivity contribution in [2.45, 2.75) is 6.42 Å². The van der Waals surface area contributed by atoms with Crippen LogP contribution in [-0.4, -0.2) is 20.7 Å². The minimum Gasteiger partial charge on any atom is -0.508 e. The van der Waals surface area contributed by atoms with Gasteiger partial charge in [-0.05, 0) is 23.8 Å². The van der Waals surface area contributed by atoms with Crippen LogP contribution in [0.3, 0.4) is 0 Å². The van der Waals surface area contributed by atoms with Crippen molar-refractivity contribution in [2.24, 2.45) is 7.05 Å². The molecule has 4 heteroatoms. The van der Waals surface area contributed by atoms with Gasteiger partial charge >= 0.3 is 0 Å². The predicted molar refractivity (Wildman–Crippen MR) is 59.3 cm³/mol. The maximum Gasteiger partial charge on any atom is 0.187 e. The Labute approximate surface area is 93.1 Å². The lowest BCUT2D eigenvalue weighted by Crippen LogP contribution is -2.05. The molecule has 2 aromatic rings. The SMILES string of the molecule is Cn1ccc(C(=O)Cc2cccc(O)c2)n1. The Bertz CT molecular complexity index is 517. The zero-order valence-corrected chi connectivity index (χ0v) is 8.92. The third kappa shape index (κ3) is 2.28. The summed E-state index contributed by atoms with van der Waals surface area (Å²) in [6, 6.07) is 8.37. The first-order valence-electron chi connectivity index (χ1n) is 4.96. The van der Waals surface area contributed by atoms with Crippen LogP contribution in [0.15, 0.2) is 36.5 Å². The summed E-state index contributed by atoms with van der Waals surface area (Å²) in [5.41, 5.74) is 1.24. The molecule has 0 aliphatic carbocycles. The number of ketones is 1. The van der Waals surface area contributed by atoms with E-state index in [1.807, 2.05) is 0 Å². The fourth-order valence-electron chi connectivity index (χ4n) is 1.51. The van der Waals surface area contributed by atoms with Crippen molar-refractivity contribution in [3.8, 4) is 5.75 Å². The molecule has 1 heterocycles. The van der Waals surface area contributed by atoms with Gasteiger partial charge in [0.25, 0.3) is 0 Å². The Kier molecular flexibility index (Phi) is 2.72. The summed E-state index contributed by atoms with van der Waals surface area (Å²) in [5.74, 6) is 0.123. The Morgan fingerprint density at radius 3 is 2.88 bits per heavy atom. The largest absolute Gasteiger partial charge is 0.508 e. The molecule has 0 aliphatic rings. The summed E-state index contributed by atoms with van der Waals surface area (Å²) in [4.78, 5) is 11.8. The van der Waals surface area contributed by atoms with Crippen LogP contribution in [0, 0.1) is 0 Å². The van der Waals surface area contributed by atoms with Gasteiger partial charge in [0.1, 0.15) is 11.4 Å². The molecule has 1 aromatic carbocycles. The van der Waals surface area contributed by atoms with Gasteiger partial charge in [-0.15, -0.1) is 0 Å². The number of hydrogen-bond acceptors (Lipinski definition) is 3. The maximum atomic E-state index is 11.8. The van der Waals surface area contributed by atoms with Crippen LogP contribution in [0.1, 0.15) is 16.1 Å². The molecule has 16 heavy (non-hydrogen) atoms. The van der Waals surface area contributed by atoms with Gasteiger partial charge in [-0.1, -0.05) is 12.1 Å². The first kappa shape index (κ1) is 10.4. The summed E-state index contributed by atoms with van der Waals surface area (Å²) < 4.78 is 1.59. The number of aromatic nitrogens is 2. The molecule has 0 unspecified atom stereocenters. The van der Waals surface area contributed by atoms with Crippen LogP contribution >= 0.6 is 0 Å². The number of Topliss-reactive ketones (excluding diaryl/α,β-unsaturated/α-hetero) is 1. The number of aryl methyl sites for hydroxylation is 1. The fourth-order valence-corrected chi connectivity index (χ4v) is 1.51. The summed E-state index contributed by atoms with van der Waals surface area (Å²) in [6.45, 7) is 0. The van der Waals surface area contributed by atoms with Gasteiger partial charge in [0.15, 0.2) is 5.78 Å². The molecule has 82 valence electrons. The first-order valence-corrected chi connectivity index (χ1v) is 4.96. The van der Waals surface area contributed by atoms with Crippen LogP contribution in [-0.2, 0) is 13.5 Å². The monoisotopic (exact) mass is 216 g/mol. The molecule has 1 aromatic heterocycles. The van der Waals surface area contributed by atoms with Crippen LogP contribution in [0.25, 0.3) is 0 Å². The molecule has 2 rings (SSSR count). The Morgan fingerprint density at radius 2 is 2.25 bits per heavy atom. The number of rotatable bonds is 3. The van der Waals surface area contributed by atoms with Gasteiger partial charge < -0.3 is 5.11 Å². The average Bonchev–Trinajstić information content (AvgIpc) is 2.65. The normalized spacial score (nSPS) is 10.3. The summed E-state index contributed by atoms with van der Waals surface area (Å²) in [7, 11) is 1.77. The number of carbonyl (C=O) groups excluding carboxylic acids is 1. The van der Waals surface area contributed by atoms with Crippen molar-refractivity contribution >= 4 is 5.78 Å². The number of phenols is 1. The van der Waals surface area contributed by atoms with E-state index in [0.717, 1.165) is 5.56 Å². The summed E-state index contributed by atoms with van der Waals surface area (Å²) in [5, 5.41) is 13.3. The molecule has 0 fully saturated rings. The Hall–Kier alpha value is -2.10. The van der Waals surface area contributed by atoms with E-state index in [1.165, 1.54) is 0 Å². The third-order valence-electron chi connectivity index (χ3n) is 2.27. The number of aromatic hydroxyl groups is 1. The van der Waals surface area contributed by atoms with Crippen molar-refractivity contribution in [3.05, 3.63) is 47.8 Å². The van der Waals surface area contributed by atoms with Crippen LogP contribution in [0.2, 0.25) is 0 Å². The van der Waals surface area contributed by atoms with Gasteiger partial charge in [-0.2, -0.15) is 5.10 Å². The van der Waals surface area contributed by atoms with E-state index in [0.29, 0.717) is 5.69 Å². The number of nitrogens with zero attached hydrogens (tertiary/aromatic N) is 2. The lowest BCUT2D eigenvalue weighted by molar-refractivity contribution is 0.0987. The minimum atomic E-state index is -0.0498. The lowest BCUT2D eigenvalue weighted by atomic mass is 10.1. The van der Waals surface area contributed by atoms with Crippen molar-refractivity contribution in [3.63, 3.8) is 0 Å². The minimum absolute atomic E-state index is 0.0498. The fraction of sp³-hybridized carbons (Fsp3) is 0.167. The number of carbonyl (C=O) groups is 1. The molecule has 0 aliphatic heterocycles. The van der Waals surface area contributed by atoms with E-state index in [9.17, 15) is 9.90 Å². The lowest BCUT2D eigenvalue weighted by Gasteiger charge is -1.99. The van der Waals surface area contributed by atoms with Gasteiger partial charge in [0.05, 0.1) is 0 Å². The van der Waals surface area contributed by atoms with Gasteiger partial charge in [0.2, 0.25) is 0 Å². The van der Waals surface area contributed by atoms with Crippen LogP contribution < -0.4 is 0 Å². The molecule has 0 amide bonds.